The Hall–Kier alpha value is -0.460. The Labute approximate surface area is 93.7 Å². The van der Waals surface area contributed by atoms with Crippen LogP contribution in [0, 0.1) is 0 Å². The largest absolute Gasteiger partial charge is 0.306 e. The van der Waals surface area contributed by atoms with Crippen LogP contribution in [0.25, 0.3) is 0 Å². The van der Waals surface area contributed by atoms with Crippen molar-refractivity contribution in [1.82, 2.24) is 10.3 Å². The number of sulfone groups is 1. The summed E-state index contributed by atoms with van der Waals surface area (Å²) in [6.45, 7) is 2.04. The third-order valence-corrected chi connectivity index (χ3v) is 5.32. The predicted octanol–water partition coefficient (Wildman–Crippen LogP) is 0.981. The van der Waals surface area contributed by atoms with Crippen LogP contribution < -0.4 is 5.32 Å². The minimum Gasteiger partial charge on any atom is -0.306 e. The third kappa shape index (κ3) is 2.76. The lowest BCUT2D eigenvalue weighted by Gasteiger charge is -2.16. The van der Waals surface area contributed by atoms with Crippen molar-refractivity contribution in [2.24, 2.45) is 0 Å². The van der Waals surface area contributed by atoms with Gasteiger partial charge in [0, 0.05) is 23.2 Å². The van der Waals surface area contributed by atoms with Crippen molar-refractivity contribution in [3.63, 3.8) is 0 Å². The highest BCUT2D eigenvalue weighted by atomic mass is 32.2. The van der Waals surface area contributed by atoms with Crippen molar-refractivity contribution in [3.05, 3.63) is 16.6 Å². The molecule has 1 fully saturated rings. The lowest BCUT2D eigenvalue weighted by Crippen LogP contribution is -2.32. The second-order valence-corrected chi connectivity index (χ2v) is 7.04. The molecule has 0 aliphatic carbocycles. The SMILES string of the molecule is CC(NC1CCS(=O)(=O)C1)c1cncs1. The van der Waals surface area contributed by atoms with Crippen LogP contribution in [-0.2, 0) is 9.84 Å². The fourth-order valence-electron chi connectivity index (χ4n) is 1.80. The smallest absolute Gasteiger partial charge is 0.151 e. The van der Waals surface area contributed by atoms with Crippen LogP contribution in [0.3, 0.4) is 0 Å². The highest BCUT2D eigenvalue weighted by molar-refractivity contribution is 7.91. The number of aromatic nitrogens is 1. The minimum atomic E-state index is -2.78. The maximum Gasteiger partial charge on any atom is 0.151 e. The Balaban J connectivity index is 1.94. The van der Waals surface area contributed by atoms with Crippen LogP contribution in [0.1, 0.15) is 24.3 Å². The van der Waals surface area contributed by atoms with Crippen LogP contribution in [0.4, 0.5) is 0 Å². The fourth-order valence-corrected chi connectivity index (χ4v) is 4.13. The molecule has 2 heterocycles. The monoisotopic (exact) mass is 246 g/mol. The first-order valence-corrected chi connectivity index (χ1v) is 7.62. The van der Waals surface area contributed by atoms with Crippen molar-refractivity contribution in [2.45, 2.75) is 25.4 Å². The molecule has 6 heteroatoms. The highest BCUT2D eigenvalue weighted by Gasteiger charge is 2.28. The molecule has 2 unspecified atom stereocenters. The lowest BCUT2D eigenvalue weighted by molar-refractivity contribution is 0.489. The molecule has 4 nitrogen and oxygen atoms in total. The highest BCUT2D eigenvalue weighted by Crippen LogP contribution is 2.20. The number of rotatable bonds is 3. The van der Waals surface area contributed by atoms with E-state index in [1.54, 1.807) is 16.8 Å². The first kappa shape index (κ1) is 11.0. The Morgan fingerprint density at radius 3 is 3.00 bits per heavy atom. The van der Waals surface area contributed by atoms with Crippen LogP contribution >= 0.6 is 11.3 Å². The topological polar surface area (TPSA) is 59.1 Å². The molecular formula is C9H14N2O2S2. The van der Waals surface area contributed by atoms with Gasteiger partial charge >= 0.3 is 0 Å². The lowest BCUT2D eigenvalue weighted by atomic mass is 10.2. The Kier molecular flexibility index (Phi) is 3.08. The van der Waals surface area contributed by atoms with Crippen LogP contribution in [-0.4, -0.2) is 30.9 Å². The molecule has 1 aliphatic heterocycles. The van der Waals surface area contributed by atoms with Gasteiger partial charge in [-0.1, -0.05) is 0 Å². The average molecular weight is 246 g/mol. The van der Waals surface area contributed by atoms with Crippen LogP contribution in [0.15, 0.2) is 11.7 Å². The second kappa shape index (κ2) is 4.19. The third-order valence-electron chi connectivity index (χ3n) is 2.60. The molecule has 1 saturated heterocycles. The first-order valence-electron chi connectivity index (χ1n) is 4.92. The van der Waals surface area contributed by atoms with Gasteiger partial charge in [-0.2, -0.15) is 0 Å². The molecule has 0 spiro atoms. The van der Waals surface area contributed by atoms with Crippen molar-refractivity contribution in [3.8, 4) is 0 Å². The quantitative estimate of drug-likeness (QED) is 0.863. The molecule has 2 rings (SSSR count). The Morgan fingerprint density at radius 1 is 1.67 bits per heavy atom. The van der Waals surface area contributed by atoms with Gasteiger partial charge in [-0.25, -0.2) is 8.42 Å². The second-order valence-electron chi connectivity index (χ2n) is 3.89. The van der Waals surface area contributed by atoms with Gasteiger partial charge in [0.05, 0.1) is 17.0 Å². The van der Waals surface area contributed by atoms with Crippen molar-refractivity contribution in [1.29, 1.82) is 0 Å². The molecule has 1 aromatic rings. The van der Waals surface area contributed by atoms with Gasteiger partial charge < -0.3 is 5.32 Å². The van der Waals surface area contributed by atoms with Crippen LogP contribution in [0.5, 0.6) is 0 Å². The van der Waals surface area contributed by atoms with Gasteiger partial charge in [-0.15, -0.1) is 11.3 Å². The summed E-state index contributed by atoms with van der Waals surface area (Å²) >= 11 is 1.59. The standard InChI is InChI=1S/C9H14N2O2S2/c1-7(9-4-10-6-14-9)11-8-2-3-15(12,13)5-8/h4,6-8,11H,2-3,5H2,1H3. The van der Waals surface area contributed by atoms with Gasteiger partial charge in [-0.3, -0.25) is 4.98 Å². The van der Waals surface area contributed by atoms with Crippen molar-refractivity contribution in [2.75, 3.05) is 11.5 Å². The first-order chi connectivity index (χ1) is 7.07. The van der Waals surface area contributed by atoms with E-state index in [4.69, 9.17) is 0 Å². The molecule has 1 aromatic heterocycles. The Bertz CT molecular complexity index is 413. The van der Waals surface area contributed by atoms with E-state index in [2.05, 4.69) is 10.3 Å². The van der Waals surface area contributed by atoms with Gasteiger partial charge in [0.25, 0.3) is 0 Å². The molecule has 84 valence electrons. The summed E-state index contributed by atoms with van der Waals surface area (Å²) in [7, 11) is -2.78. The number of hydrogen-bond donors (Lipinski definition) is 1. The summed E-state index contributed by atoms with van der Waals surface area (Å²) in [5.41, 5.74) is 1.79. The van der Waals surface area contributed by atoms with Crippen LogP contribution in [0.2, 0.25) is 0 Å². The number of thiazole rings is 1. The molecule has 0 saturated carbocycles. The summed E-state index contributed by atoms with van der Waals surface area (Å²) < 4.78 is 22.5. The molecular weight excluding hydrogens is 232 g/mol. The van der Waals surface area contributed by atoms with E-state index < -0.39 is 9.84 Å². The molecule has 0 bridgehead atoms. The fraction of sp³-hybridized carbons (Fsp3) is 0.667. The molecule has 2 atom stereocenters. The van der Waals surface area contributed by atoms with E-state index in [1.807, 2.05) is 13.1 Å². The maximum atomic E-state index is 11.3. The summed E-state index contributed by atoms with van der Waals surface area (Å²) in [6, 6.07) is 0.294. The molecule has 0 aromatic carbocycles. The van der Waals surface area contributed by atoms with Gasteiger partial charge in [0.2, 0.25) is 0 Å². The van der Waals surface area contributed by atoms with E-state index in [1.165, 1.54) is 0 Å². The van der Waals surface area contributed by atoms with Gasteiger partial charge in [-0.05, 0) is 13.3 Å². The average Bonchev–Trinajstić information content (AvgIpc) is 2.74. The molecule has 15 heavy (non-hydrogen) atoms. The number of nitrogens with one attached hydrogen (secondary N) is 1. The molecule has 1 N–H and O–H groups in total. The molecule has 1 aliphatic rings. The number of nitrogens with zero attached hydrogens (tertiary/aromatic N) is 1. The van der Waals surface area contributed by atoms with E-state index in [-0.39, 0.29) is 17.8 Å². The zero-order valence-corrected chi connectivity index (χ0v) is 10.1. The Morgan fingerprint density at radius 2 is 2.47 bits per heavy atom. The van der Waals surface area contributed by atoms with Gasteiger partial charge in [0.15, 0.2) is 9.84 Å². The summed E-state index contributed by atoms with van der Waals surface area (Å²) in [5.74, 6) is 0.593. The zero-order valence-electron chi connectivity index (χ0n) is 8.51. The maximum absolute atomic E-state index is 11.3. The zero-order chi connectivity index (χ0) is 10.9. The van der Waals surface area contributed by atoms with Crippen molar-refractivity contribution < 1.29 is 8.42 Å². The summed E-state index contributed by atoms with van der Waals surface area (Å²) in [4.78, 5) is 5.16. The van der Waals surface area contributed by atoms with Crippen molar-refractivity contribution >= 4 is 21.2 Å². The summed E-state index contributed by atoms with van der Waals surface area (Å²) in [6.07, 6.45) is 2.55. The van der Waals surface area contributed by atoms with E-state index in [0.29, 0.717) is 5.75 Å². The normalized spacial score (nSPS) is 26.6. The molecule has 0 amide bonds. The van der Waals surface area contributed by atoms with Gasteiger partial charge in [0.1, 0.15) is 0 Å². The van der Waals surface area contributed by atoms with E-state index >= 15 is 0 Å². The minimum absolute atomic E-state index is 0.104. The molecule has 0 radical (unpaired) electrons. The number of hydrogen-bond acceptors (Lipinski definition) is 5. The summed E-state index contributed by atoms with van der Waals surface area (Å²) in [5, 5.41) is 3.33. The van der Waals surface area contributed by atoms with E-state index in [0.717, 1.165) is 11.3 Å². The predicted molar refractivity (Wildman–Crippen MR) is 60.7 cm³/mol. The van der Waals surface area contributed by atoms with E-state index in [9.17, 15) is 8.42 Å².